The highest BCUT2D eigenvalue weighted by Gasteiger charge is 2.34. The van der Waals surface area contributed by atoms with Gasteiger partial charge in [-0.05, 0) is 45.5 Å². The molecule has 1 N–H and O–H groups in total. The normalized spacial score (nSPS) is 16.5. The Morgan fingerprint density at radius 3 is 2.48 bits per heavy atom. The SMILES string of the molecule is Cc1ccccc1OCC(=O)NCC1(N(C)C)CCCCC1.Cl. The van der Waals surface area contributed by atoms with E-state index in [-0.39, 0.29) is 30.5 Å². The van der Waals surface area contributed by atoms with E-state index in [1.165, 1.54) is 19.3 Å². The van der Waals surface area contributed by atoms with Gasteiger partial charge in [-0.3, -0.25) is 4.79 Å². The number of rotatable bonds is 6. The molecule has 0 unspecified atom stereocenters. The summed E-state index contributed by atoms with van der Waals surface area (Å²) in [5.74, 6) is 0.729. The molecular formula is C18H29ClN2O2. The molecule has 4 nitrogen and oxygen atoms in total. The molecule has 1 aliphatic rings. The summed E-state index contributed by atoms with van der Waals surface area (Å²) in [7, 11) is 4.22. The lowest BCUT2D eigenvalue weighted by atomic mass is 9.80. The van der Waals surface area contributed by atoms with Gasteiger partial charge in [-0.1, -0.05) is 37.5 Å². The molecule has 130 valence electrons. The van der Waals surface area contributed by atoms with E-state index >= 15 is 0 Å². The summed E-state index contributed by atoms with van der Waals surface area (Å²) < 4.78 is 5.61. The van der Waals surface area contributed by atoms with Crippen LogP contribution in [0, 0.1) is 6.92 Å². The minimum Gasteiger partial charge on any atom is -0.484 e. The van der Waals surface area contributed by atoms with Gasteiger partial charge in [-0.25, -0.2) is 0 Å². The van der Waals surface area contributed by atoms with E-state index in [0.29, 0.717) is 6.54 Å². The third kappa shape index (κ3) is 5.40. The number of carbonyl (C=O) groups is 1. The number of aryl methyl sites for hydroxylation is 1. The number of halogens is 1. The van der Waals surface area contributed by atoms with E-state index in [2.05, 4.69) is 24.3 Å². The Hall–Kier alpha value is -1.26. The van der Waals surface area contributed by atoms with Crippen molar-refractivity contribution in [3.05, 3.63) is 29.8 Å². The number of benzene rings is 1. The number of hydrogen-bond acceptors (Lipinski definition) is 3. The second kappa shape index (κ2) is 9.14. The molecule has 0 atom stereocenters. The van der Waals surface area contributed by atoms with Crippen molar-refractivity contribution in [1.82, 2.24) is 10.2 Å². The van der Waals surface area contributed by atoms with Gasteiger partial charge in [0.25, 0.3) is 5.91 Å². The number of likely N-dealkylation sites (N-methyl/N-ethyl adjacent to an activating group) is 1. The van der Waals surface area contributed by atoms with Gasteiger partial charge in [-0.15, -0.1) is 12.4 Å². The van der Waals surface area contributed by atoms with E-state index in [0.717, 1.165) is 24.2 Å². The number of amides is 1. The molecule has 0 bridgehead atoms. The first-order valence-electron chi connectivity index (χ1n) is 8.16. The maximum absolute atomic E-state index is 12.1. The van der Waals surface area contributed by atoms with Crippen LogP contribution in [0.25, 0.3) is 0 Å². The van der Waals surface area contributed by atoms with Gasteiger partial charge in [0.1, 0.15) is 5.75 Å². The Bertz CT molecular complexity index is 500. The van der Waals surface area contributed by atoms with Crippen LogP contribution in [0.2, 0.25) is 0 Å². The Kier molecular flexibility index (Phi) is 7.86. The van der Waals surface area contributed by atoms with Gasteiger partial charge in [0.15, 0.2) is 6.61 Å². The number of carbonyl (C=O) groups excluding carboxylic acids is 1. The van der Waals surface area contributed by atoms with Crippen LogP contribution in [0.1, 0.15) is 37.7 Å². The van der Waals surface area contributed by atoms with Gasteiger partial charge >= 0.3 is 0 Å². The van der Waals surface area contributed by atoms with Crippen molar-refractivity contribution in [1.29, 1.82) is 0 Å². The fraction of sp³-hybridized carbons (Fsp3) is 0.611. The lowest BCUT2D eigenvalue weighted by Gasteiger charge is -2.43. The molecule has 1 amide bonds. The topological polar surface area (TPSA) is 41.6 Å². The van der Waals surface area contributed by atoms with Crippen LogP contribution in [0.3, 0.4) is 0 Å². The van der Waals surface area contributed by atoms with Crippen LogP contribution in [0.15, 0.2) is 24.3 Å². The van der Waals surface area contributed by atoms with Crippen LogP contribution in [0.5, 0.6) is 5.75 Å². The standard InChI is InChI=1S/C18H28N2O2.ClH/c1-15-9-5-6-10-16(15)22-13-17(21)19-14-18(20(2)3)11-7-4-8-12-18;/h5-6,9-10H,4,7-8,11-14H2,1-3H3,(H,19,21);1H. The highest BCUT2D eigenvalue weighted by atomic mass is 35.5. The highest BCUT2D eigenvalue weighted by Crippen LogP contribution is 2.31. The zero-order valence-electron chi connectivity index (χ0n) is 14.4. The van der Waals surface area contributed by atoms with E-state index in [9.17, 15) is 4.79 Å². The largest absolute Gasteiger partial charge is 0.484 e. The Morgan fingerprint density at radius 2 is 1.87 bits per heavy atom. The molecular weight excluding hydrogens is 312 g/mol. The lowest BCUT2D eigenvalue weighted by Crippen LogP contribution is -2.54. The van der Waals surface area contributed by atoms with E-state index in [1.54, 1.807) is 0 Å². The molecule has 0 aromatic heterocycles. The van der Waals surface area contributed by atoms with E-state index < -0.39 is 0 Å². The smallest absolute Gasteiger partial charge is 0.258 e. The van der Waals surface area contributed by atoms with Crippen LogP contribution >= 0.6 is 12.4 Å². The molecule has 1 aromatic carbocycles. The zero-order valence-corrected chi connectivity index (χ0v) is 15.2. The minimum absolute atomic E-state index is 0. The second-order valence-corrected chi connectivity index (χ2v) is 6.51. The monoisotopic (exact) mass is 340 g/mol. The molecule has 1 aliphatic carbocycles. The van der Waals surface area contributed by atoms with Crippen molar-refractivity contribution < 1.29 is 9.53 Å². The predicted octanol–water partition coefficient (Wildman–Crippen LogP) is 3.18. The summed E-state index contributed by atoms with van der Waals surface area (Å²) in [5, 5.41) is 3.06. The third-order valence-corrected chi connectivity index (χ3v) is 4.80. The van der Waals surface area contributed by atoms with Crippen molar-refractivity contribution in [3.63, 3.8) is 0 Å². The van der Waals surface area contributed by atoms with Gasteiger partial charge < -0.3 is 15.0 Å². The Balaban J connectivity index is 0.00000264. The maximum atomic E-state index is 12.1. The van der Waals surface area contributed by atoms with Crippen LogP contribution < -0.4 is 10.1 Å². The maximum Gasteiger partial charge on any atom is 0.258 e. The first-order valence-corrected chi connectivity index (χ1v) is 8.16. The van der Waals surface area contributed by atoms with Crippen molar-refractivity contribution in [2.24, 2.45) is 0 Å². The van der Waals surface area contributed by atoms with Crippen molar-refractivity contribution in [2.75, 3.05) is 27.2 Å². The fourth-order valence-electron chi connectivity index (χ4n) is 3.17. The molecule has 1 aromatic rings. The molecule has 5 heteroatoms. The zero-order chi connectivity index (χ0) is 16.0. The molecule has 0 aliphatic heterocycles. The molecule has 0 heterocycles. The van der Waals surface area contributed by atoms with Crippen LogP contribution in [-0.2, 0) is 4.79 Å². The van der Waals surface area contributed by atoms with Crippen molar-refractivity contribution >= 4 is 18.3 Å². The third-order valence-electron chi connectivity index (χ3n) is 4.80. The van der Waals surface area contributed by atoms with Gasteiger partial charge in [0.05, 0.1) is 0 Å². The van der Waals surface area contributed by atoms with Crippen molar-refractivity contribution in [2.45, 2.75) is 44.6 Å². The summed E-state index contributed by atoms with van der Waals surface area (Å²) in [6.45, 7) is 2.76. The molecule has 0 spiro atoms. The molecule has 0 saturated heterocycles. The van der Waals surface area contributed by atoms with Crippen molar-refractivity contribution in [3.8, 4) is 5.75 Å². The number of hydrogen-bond donors (Lipinski definition) is 1. The summed E-state index contributed by atoms with van der Waals surface area (Å²) in [4.78, 5) is 14.4. The molecule has 1 fully saturated rings. The average Bonchev–Trinajstić information content (AvgIpc) is 2.53. The van der Waals surface area contributed by atoms with Gasteiger partial charge in [0.2, 0.25) is 0 Å². The quantitative estimate of drug-likeness (QED) is 0.864. The predicted molar refractivity (Wildman–Crippen MR) is 96.4 cm³/mol. The summed E-state index contributed by atoms with van der Waals surface area (Å²) in [6, 6.07) is 7.76. The first-order chi connectivity index (χ1) is 10.5. The van der Waals surface area contributed by atoms with Crippen LogP contribution in [0.4, 0.5) is 0 Å². The second-order valence-electron chi connectivity index (χ2n) is 6.51. The number of para-hydroxylation sites is 1. The summed E-state index contributed by atoms with van der Waals surface area (Å²) in [6.07, 6.45) is 6.10. The summed E-state index contributed by atoms with van der Waals surface area (Å²) in [5.41, 5.74) is 1.16. The highest BCUT2D eigenvalue weighted by molar-refractivity contribution is 5.85. The molecule has 23 heavy (non-hydrogen) atoms. The number of nitrogens with one attached hydrogen (secondary N) is 1. The molecule has 1 saturated carbocycles. The molecule has 0 radical (unpaired) electrons. The number of ether oxygens (including phenoxy) is 1. The number of nitrogens with zero attached hydrogens (tertiary/aromatic N) is 1. The average molecular weight is 341 g/mol. The molecule has 2 rings (SSSR count). The first kappa shape index (κ1) is 19.8. The van der Waals surface area contributed by atoms with E-state index in [4.69, 9.17) is 4.74 Å². The minimum atomic E-state index is -0.0462. The summed E-state index contributed by atoms with van der Waals surface area (Å²) >= 11 is 0. The van der Waals surface area contributed by atoms with E-state index in [1.807, 2.05) is 31.2 Å². The Labute approximate surface area is 146 Å². The Morgan fingerprint density at radius 1 is 1.22 bits per heavy atom. The van der Waals surface area contributed by atoms with Gasteiger partial charge in [0, 0.05) is 12.1 Å². The van der Waals surface area contributed by atoms with Crippen LogP contribution in [-0.4, -0.2) is 43.6 Å². The lowest BCUT2D eigenvalue weighted by molar-refractivity contribution is -0.123. The van der Waals surface area contributed by atoms with Gasteiger partial charge in [-0.2, -0.15) is 0 Å². The fourth-order valence-corrected chi connectivity index (χ4v) is 3.17.